The molecule has 7 nitrogen and oxygen atoms in total. The summed E-state index contributed by atoms with van der Waals surface area (Å²) in [5.41, 5.74) is 2.73. The summed E-state index contributed by atoms with van der Waals surface area (Å²) in [6.45, 7) is 0. The van der Waals surface area contributed by atoms with E-state index in [2.05, 4.69) is 31.3 Å². The molecular weight excluding hydrogens is 468 g/mol. The fraction of sp³-hybridized carbons (Fsp3) is 0.190. The largest absolute Gasteiger partial charge is 0.497 e. The summed E-state index contributed by atoms with van der Waals surface area (Å²) in [6.07, 6.45) is 2.12. The van der Waals surface area contributed by atoms with Gasteiger partial charge in [-0.25, -0.2) is 4.98 Å². The van der Waals surface area contributed by atoms with Gasteiger partial charge in [0.25, 0.3) is 0 Å². The number of halogens is 1. The zero-order valence-electron chi connectivity index (χ0n) is 16.2. The quantitative estimate of drug-likeness (QED) is 0.452. The highest BCUT2D eigenvalue weighted by atomic mass is 79.9. The molecule has 0 saturated heterocycles. The van der Waals surface area contributed by atoms with Gasteiger partial charge >= 0.3 is 0 Å². The van der Waals surface area contributed by atoms with Crippen LogP contribution in [0.15, 0.2) is 47.1 Å². The number of anilines is 1. The first-order chi connectivity index (χ1) is 14.6. The van der Waals surface area contributed by atoms with Gasteiger partial charge in [-0.3, -0.25) is 4.79 Å². The second-order valence-electron chi connectivity index (χ2n) is 6.88. The summed E-state index contributed by atoms with van der Waals surface area (Å²) in [7, 11) is 3.27. The highest BCUT2D eigenvalue weighted by Crippen LogP contribution is 2.42. The monoisotopic (exact) mass is 484 g/mol. The molecule has 0 aliphatic carbocycles. The molecule has 3 heterocycles. The third-order valence-electron chi connectivity index (χ3n) is 5.15. The number of aromatic nitrogens is 3. The topological polar surface area (TPSA) is 78.3 Å². The van der Waals surface area contributed by atoms with Gasteiger partial charge in [0.15, 0.2) is 0 Å². The Hall–Kier alpha value is -2.91. The van der Waals surface area contributed by atoms with Crippen LogP contribution in [0.25, 0.3) is 15.3 Å². The minimum absolute atomic E-state index is 0.0703. The molecule has 2 aromatic heterocycles. The molecule has 0 bridgehead atoms. The fourth-order valence-corrected chi connectivity index (χ4v) is 5.07. The van der Waals surface area contributed by atoms with E-state index in [1.807, 2.05) is 36.4 Å². The van der Waals surface area contributed by atoms with E-state index in [-0.39, 0.29) is 11.8 Å². The van der Waals surface area contributed by atoms with E-state index in [1.165, 1.54) is 11.3 Å². The zero-order chi connectivity index (χ0) is 20.8. The predicted molar refractivity (Wildman–Crippen MR) is 119 cm³/mol. The van der Waals surface area contributed by atoms with Crippen molar-refractivity contribution in [1.82, 2.24) is 14.8 Å². The van der Waals surface area contributed by atoms with E-state index >= 15 is 0 Å². The molecule has 0 saturated carbocycles. The third-order valence-corrected chi connectivity index (χ3v) is 6.64. The number of methoxy groups -OCH3 is 2. The van der Waals surface area contributed by atoms with Crippen LogP contribution < -0.4 is 14.8 Å². The number of amides is 1. The minimum Gasteiger partial charge on any atom is -0.497 e. The maximum absolute atomic E-state index is 12.6. The number of thiazole rings is 1. The van der Waals surface area contributed by atoms with Crippen molar-refractivity contribution >= 4 is 49.2 Å². The van der Waals surface area contributed by atoms with Gasteiger partial charge in [-0.15, -0.1) is 0 Å². The van der Waals surface area contributed by atoms with Crippen molar-refractivity contribution in [1.29, 1.82) is 0 Å². The van der Waals surface area contributed by atoms with Crippen LogP contribution in [0.3, 0.4) is 0 Å². The van der Waals surface area contributed by atoms with Crippen LogP contribution in [0.1, 0.15) is 23.5 Å². The first kappa shape index (κ1) is 19.1. The number of ether oxygens (including phenoxy) is 2. The van der Waals surface area contributed by atoms with Gasteiger partial charge in [0.05, 0.1) is 30.6 Å². The Bertz CT molecular complexity index is 1280. The maximum atomic E-state index is 12.6. The van der Waals surface area contributed by atoms with Gasteiger partial charge in [0, 0.05) is 27.9 Å². The van der Waals surface area contributed by atoms with Crippen LogP contribution >= 0.6 is 27.3 Å². The highest BCUT2D eigenvalue weighted by molar-refractivity contribution is 9.10. The van der Waals surface area contributed by atoms with Crippen LogP contribution in [0.4, 0.5) is 5.82 Å². The van der Waals surface area contributed by atoms with Gasteiger partial charge in [0.1, 0.15) is 17.3 Å². The molecule has 2 aromatic carbocycles. The van der Waals surface area contributed by atoms with Gasteiger partial charge < -0.3 is 14.8 Å². The predicted octanol–water partition coefficient (Wildman–Crippen LogP) is 4.74. The van der Waals surface area contributed by atoms with Crippen LogP contribution in [0, 0.1) is 0 Å². The van der Waals surface area contributed by atoms with Crippen molar-refractivity contribution in [3.8, 4) is 16.6 Å². The van der Waals surface area contributed by atoms with Gasteiger partial charge in [0.2, 0.25) is 11.0 Å². The molecule has 30 heavy (non-hydrogen) atoms. The molecule has 0 fully saturated rings. The van der Waals surface area contributed by atoms with Gasteiger partial charge in [-0.2, -0.15) is 9.78 Å². The molecule has 0 spiro atoms. The SMILES string of the molecule is COc1ccc2nc(-n3ncc4c3NC(=O)C[C@@H]4c3cc(Br)ccc3OC)sc2c1. The molecule has 0 radical (unpaired) electrons. The number of rotatable bonds is 4. The number of benzene rings is 2. The van der Waals surface area contributed by atoms with E-state index in [4.69, 9.17) is 9.47 Å². The Kier molecular flexibility index (Phi) is 4.71. The molecule has 1 aliphatic heterocycles. The number of nitrogens with one attached hydrogen (secondary N) is 1. The summed E-state index contributed by atoms with van der Waals surface area (Å²) < 4.78 is 14.5. The number of hydrogen-bond donors (Lipinski definition) is 1. The normalized spacial score (nSPS) is 15.7. The van der Waals surface area contributed by atoms with Gasteiger partial charge in [-0.1, -0.05) is 27.3 Å². The van der Waals surface area contributed by atoms with Gasteiger partial charge in [-0.05, 0) is 36.4 Å². The average molecular weight is 485 g/mol. The Labute approximate surface area is 184 Å². The number of nitrogens with zero attached hydrogens (tertiary/aromatic N) is 3. The Morgan fingerprint density at radius 1 is 1.17 bits per heavy atom. The second-order valence-corrected chi connectivity index (χ2v) is 8.81. The summed E-state index contributed by atoms with van der Waals surface area (Å²) in [4.78, 5) is 17.3. The van der Waals surface area contributed by atoms with E-state index < -0.39 is 0 Å². The molecule has 152 valence electrons. The zero-order valence-corrected chi connectivity index (χ0v) is 18.6. The lowest BCUT2D eigenvalue weighted by molar-refractivity contribution is -0.116. The minimum atomic E-state index is -0.163. The molecule has 5 rings (SSSR count). The molecule has 4 aromatic rings. The van der Waals surface area contributed by atoms with Crippen LogP contribution in [-0.2, 0) is 4.79 Å². The van der Waals surface area contributed by atoms with Crippen LogP contribution in [0.5, 0.6) is 11.5 Å². The first-order valence-corrected chi connectivity index (χ1v) is 10.8. The standard InChI is InChI=1S/C21H17BrN4O3S/c1-28-12-4-5-16-18(8-12)30-21(24-16)26-20-15(10-23-26)13(9-19(27)25-20)14-7-11(22)3-6-17(14)29-2/h3-8,10,13H,9H2,1-2H3,(H,25,27)/t13-/m1/s1. The van der Waals surface area contributed by atoms with Crippen molar-refractivity contribution in [2.45, 2.75) is 12.3 Å². The lowest BCUT2D eigenvalue weighted by Crippen LogP contribution is -2.24. The third kappa shape index (κ3) is 3.14. The molecule has 1 aliphatic rings. The number of fused-ring (bicyclic) bond motifs is 2. The van der Waals surface area contributed by atoms with Crippen molar-refractivity contribution in [3.63, 3.8) is 0 Å². The maximum Gasteiger partial charge on any atom is 0.226 e. The van der Waals surface area contributed by atoms with Crippen molar-refractivity contribution < 1.29 is 14.3 Å². The van der Waals surface area contributed by atoms with Crippen molar-refractivity contribution in [2.24, 2.45) is 0 Å². The smallest absolute Gasteiger partial charge is 0.226 e. The lowest BCUT2D eigenvalue weighted by atomic mass is 9.87. The molecule has 1 amide bonds. The first-order valence-electron chi connectivity index (χ1n) is 9.23. The second kappa shape index (κ2) is 7.41. The fourth-order valence-electron chi connectivity index (χ4n) is 3.73. The number of carbonyl (C=O) groups excluding carboxylic acids is 1. The molecule has 0 unspecified atom stereocenters. The lowest BCUT2D eigenvalue weighted by Gasteiger charge is -2.25. The summed E-state index contributed by atoms with van der Waals surface area (Å²) in [5, 5.41) is 8.22. The Morgan fingerprint density at radius 3 is 2.83 bits per heavy atom. The molecule has 1 atom stereocenters. The molecular formula is C21H17BrN4O3S. The Balaban J connectivity index is 1.63. The van der Waals surface area contributed by atoms with E-state index in [1.54, 1.807) is 25.1 Å². The molecule has 1 N–H and O–H groups in total. The highest BCUT2D eigenvalue weighted by Gasteiger charge is 2.32. The summed E-state index contributed by atoms with van der Waals surface area (Å²) >= 11 is 5.02. The summed E-state index contributed by atoms with van der Waals surface area (Å²) in [5.74, 6) is 1.92. The van der Waals surface area contributed by atoms with E-state index in [0.29, 0.717) is 17.4 Å². The van der Waals surface area contributed by atoms with E-state index in [9.17, 15) is 4.79 Å². The van der Waals surface area contributed by atoms with Crippen molar-refractivity contribution in [3.05, 3.63) is 58.2 Å². The number of hydrogen-bond acceptors (Lipinski definition) is 6. The average Bonchev–Trinajstić information content (AvgIpc) is 3.36. The van der Waals surface area contributed by atoms with Crippen LogP contribution in [-0.4, -0.2) is 34.9 Å². The van der Waals surface area contributed by atoms with Crippen LogP contribution in [0.2, 0.25) is 0 Å². The number of carbonyl (C=O) groups is 1. The van der Waals surface area contributed by atoms with Crippen molar-refractivity contribution in [2.75, 3.05) is 19.5 Å². The molecule has 9 heteroatoms. The Morgan fingerprint density at radius 2 is 2.03 bits per heavy atom. The summed E-state index contributed by atoms with van der Waals surface area (Å²) in [6, 6.07) is 11.6. The van der Waals surface area contributed by atoms with E-state index in [0.717, 1.165) is 37.3 Å².